The van der Waals surface area contributed by atoms with E-state index in [1.54, 1.807) is 12.1 Å². The molecule has 7 heteroatoms. The molecule has 0 bridgehead atoms. The Hall–Kier alpha value is -3.32. The van der Waals surface area contributed by atoms with E-state index < -0.39 is 0 Å². The zero-order valence-electron chi connectivity index (χ0n) is 14.8. The normalized spacial score (nSPS) is 10.7. The van der Waals surface area contributed by atoms with Crippen LogP contribution in [-0.4, -0.2) is 21.1 Å². The number of thiazole rings is 1. The maximum atomic E-state index is 12.4. The van der Waals surface area contributed by atoms with E-state index in [0.29, 0.717) is 11.5 Å². The molecule has 4 rings (SSSR count). The summed E-state index contributed by atoms with van der Waals surface area (Å²) >= 11 is 1.48. The summed E-state index contributed by atoms with van der Waals surface area (Å²) in [6.45, 7) is 3.80. The Balaban J connectivity index is 1.49. The maximum Gasteiger partial charge on any atom is 0.322 e. The number of aromatic nitrogens is 3. The number of carbonyl (C=O) groups excluding carboxylic acids is 1. The first kappa shape index (κ1) is 17.1. The summed E-state index contributed by atoms with van der Waals surface area (Å²) in [4.78, 5) is 17.6. The molecule has 0 aliphatic rings. The summed E-state index contributed by atoms with van der Waals surface area (Å²) < 4.78 is 5.57. The number of nitrogens with one attached hydrogen (secondary N) is 1. The standard InChI is InChI=1S/C20H16N4O2S/c1-12-17(27-13(2)21-12)19-23-24-20(26-19)22-18(25)16-10-8-15(9-11-16)14-6-4-3-5-7-14/h3-11H,1-2H3,(H,22,24,25). The van der Waals surface area contributed by atoms with Crippen molar-refractivity contribution in [3.05, 3.63) is 70.9 Å². The monoisotopic (exact) mass is 376 g/mol. The summed E-state index contributed by atoms with van der Waals surface area (Å²) in [6, 6.07) is 17.4. The van der Waals surface area contributed by atoms with Gasteiger partial charge in [-0.1, -0.05) is 47.6 Å². The third-order valence-corrected chi connectivity index (χ3v) is 5.06. The summed E-state index contributed by atoms with van der Waals surface area (Å²) in [6.07, 6.45) is 0. The van der Waals surface area contributed by atoms with Crippen LogP contribution in [0.2, 0.25) is 0 Å². The quantitative estimate of drug-likeness (QED) is 0.557. The summed E-state index contributed by atoms with van der Waals surface area (Å²) in [5, 5.41) is 11.5. The lowest BCUT2D eigenvalue weighted by molar-refractivity contribution is 0.102. The van der Waals surface area contributed by atoms with Crippen LogP contribution in [0.25, 0.3) is 21.9 Å². The molecule has 0 unspecified atom stereocenters. The van der Waals surface area contributed by atoms with E-state index in [1.807, 2.05) is 56.3 Å². The highest BCUT2D eigenvalue weighted by molar-refractivity contribution is 7.15. The zero-order chi connectivity index (χ0) is 18.8. The second-order valence-corrected chi connectivity index (χ2v) is 7.16. The maximum absolute atomic E-state index is 12.4. The number of carbonyl (C=O) groups is 1. The summed E-state index contributed by atoms with van der Waals surface area (Å²) in [7, 11) is 0. The van der Waals surface area contributed by atoms with Crippen molar-refractivity contribution in [1.29, 1.82) is 0 Å². The van der Waals surface area contributed by atoms with Gasteiger partial charge in [-0.05, 0) is 37.1 Å². The van der Waals surface area contributed by atoms with Gasteiger partial charge in [0.1, 0.15) is 4.88 Å². The third-order valence-electron chi connectivity index (χ3n) is 4.00. The fourth-order valence-electron chi connectivity index (χ4n) is 2.71. The van der Waals surface area contributed by atoms with Gasteiger partial charge in [0.2, 0.25) is 0 Å². The van der Waals surface area contributed by atoms with E-state index in [1.165, 1.54) is 11.3 Å². The Bertz CT molecular complexity index is 1080. The molecule has 0 atom stereocenters. The second-order valence-electron chi connectivity index (χ2n) is 5.96. The zero-order valence-corrected chi connectivity index (χ0v) is 15.6. The van der Waals surface area contributed by atoms with Crippen molar-refractivity contribution < 1.29 is 9.21 Å². The fraction of sp³-hybridized carbons (Fsp3) is 0.100. The second kappa shape index (κ2) is 7.13. The smallest absolute Gasteiger partial charge is 0.322 e. The van der Waals surface area contributed by atoms with Gasteiger partial charge in [-0.25, -0.2) is 4.98 Å². The molecule has 0 fully saturated rings. The number of amides is 1. The average molecular weight is 376 g/mol. The van der Waals surface area contributed by atoms with Crippen molar-refractivity contribution in [2.24, 2.45) is 0 Å². The van der Waals surface area contributed by atoms with Crippen LogP contribution in [0.1, 0.15) is 21.1 Å². The number of anilines is 1. The van der Waals surface area contributed by atoms with E-state index in [4.69, 9.17) is 4.42 Å². The Morgan fingerprint density at radius 1 is 0.963 bits per heavy atom. The van der Waals surface area contributed by atoms with E-state index in [-0.39, 0.29) is 11.9 Å². The first-order valence-electron chi connectivity index (χ1n) is 8.35. The lowest BCUT2D eigenvalue weighted by Crippen LogP contribution is -2.11. The number of hydrogen-bond acceptors (Lipinski definition) is 6. The number of hydrogen-bond donors (Lipinski definition) is 1. The number of aryl methyl sites for hydroxylation is 2. The van der Waals surface area contributed by atoms with Crippen molar-refractivity contribution in [3.8, 4) is 21.9 Å². The molecule has 0 aliphatic carbocycles. The number of nitrogens with zero attached hydrogens (tertiary/aromatic N) is 3. The van der Waals surface area contributed by atoms with Crippen molar-refractivity contribution in [2.45, 2.75) is 13.8 Å². The Morgan fingerprint density at radius 3 is 2.33 bits per heavy atom. The summed E-state index contributed by atoms with van der Waals surface area (Å²) in [5.41, 5.74) is 3.49. The third kappa shape index (κ3) is 3.63. The summed E-state index contributed by atoms with van der Waals surface area (Å²) in [5.74, 6) is 0.0508. The molecule has 6 nitrogen and oxygen atoms in total. The molecular weight excluding hydrogens is 360 g/mol. The molecule has 2 aromatic carbocycles. The minimum absolute atomic E-state index is 0.0626. The molecule has 0 radical (unpaired) electrons. The molecule has 4 aromatic rings. The first-order chi connectivity index (χ1) is 13.1. The largest absolute Gasteiger partial charge is 0.402 e. The van der Waals surface area contributed by atoms with Crippen LogP contribution >= 0.6 is 11.3 Å². The molecule has 0 saturated carbocycles. The van der Waals surface area contributed by atoms with Gasteiger partial charge in [0.05, 0.1) is 10.7 Å². The van der Waals surface area contributed by atoms with Gasteiger partial charge in [0.25, 0.3) is 11.8 Å². The predicted octanol–water partition coefficient (Wildman–Crippen LogP) is 4.73. The minimum Gasteiger partial charge on any atom is -0.402 e. The van der Waals surface area contributed by atoms with Gasteiger partial charge in [-0.3, -0.25) is 10.1 Å². The molecule has 0 saturated heterocycles. The van der Waals surface area contributed by atoms with Crippen LogP contribution in [0.15, 0.2) is 59.0 Å². The van der Waals surface area contributed by atoms with Gasteiger partial charge >= 0.3 is 6.01 Å². The number of benzene rings is 2. The van der Waals surface area contributed by atoms with Crippen molar-refractivity contribution in [3.63, 3.8) is 0 Å². The van der Waals surface area contributed by atoms with Gasteiger partial charge < -0.3 is 4.42 Å². The molecule has 134 valence electrons. The molecule has 2 heterocycles. The molecule has 1 amide bonds. The van der Waals surface area contributed by atoms with Crippen molar-refractivity contribution in [2.75, 3.05) is 5.32 Å². The molecule has 1 N–H and O–H groups in total. The van der Waals surface area contributed by atoms with Gasteiger partial charge in [0, 0.05) is 5.56 Å². The van der Waals surface area contributed by atoms with Crippen molar-refractivity contribution in [1.82, 2.24) is 15.2 Å². The topological polar surface area (TPSA) is 80.9 Å². The van der Waals surface area contributed by atoms with Crippen LogP contribution < -0.4 is 5.32 Å². The first-order valence-corrected chi connectivity index (χ1v) is 9.16. The van der Waals surface area contributed by atoms with Crippen LogP contribution in [-0.2, 0) is 0 Å². The lowest BCUT2D eigenvalue weighted by Gasteiger charge is -2.04. The van der Waals surface area contributed by atoms with E-state index in [9.17, 15) is 4.79 Å². The molecule has 0 aliphatic heterocycles. The van der Waals surface area contributed by atoms with Crippen molar-refractivity contribution >= 4 is 23.3 Å². The van der Waals surface area contributed by atoms with E-state index in [2.05, 4.69) is 20.5 Å². The molecule has 2 aromatic heterocycles. The number of rotatable bonds is 4. The van der Waals surface area contributed by atoms with E-state index >= 15 is 0 Å². The lowest BCUT2D eigenvalue weighted by atomic mass is 10.0. The fourth-order valence-corrected chi connectivity index (χ4v) is 3.55. The SMILES string of the molecule is Cc1nc(C)c(-c2nnc(NC(=O)c3ccc(-c4ccccc4)cc3)o2)s1. The highest BCUT2D eigenvalue weighted by Crippen LogP contribution is 2.29. The molecular formula is C20H16N4O2S. The Labute approximate surface area is 159 Å². The van der Waals surface area contributed by atoms with Crippen LogP contribution in [0.4, 0.5) is 6.01 Å². The minimum atomic E-state index is -0.304. The highest BCUT2D eigenvalue weighted by atomic mass is 32.1. The average Bonchev–Trinajstić information content (AvgIpc) is 3.28. The van der Waals surface area contributed by atoms with Gasteiger partial charge in [0.15, 0.2) is 0 Å². The van der Waals surface area contributed by atoms with Crippen LogP contribution in [0.5, 0.6) is 0 Å². The molecule has 27 heavy (non-hydrogen) atoms. The van der Waals surface area contributed by atoms with Crippen LogP contribution in [0.3, 0.4) is 0 Å². The predicted molar refractivity (Wildman–Crippen MR) is 105 cm³/mol. The highest BCUT2D eigenvalue weighted by Gasteiger charge is 2.16. The van der Waals surface area contributed by atoms with E-state index in [0.717, 1.165) is 26.7 Å². The van der Waals surface area contributed by atoms with Gasteiger partial charge in [-0.2, -0.15) is 0 Å². The Kier molecular flexibility index (Phi) is 4.52. The molecule has 0 spiro atoms. The van der Waals surface area contributed by atoms with Crippen LogP contribution in [0, 0.1) is 13.8 Å². The Morgan fingerprint density at radius 2 is 1.67 bits per heavy atom. The van der Waals surface area contributed by atoms with Gasteiger partial charge in [-0.15, -0.1) is 16.4 Å².